The van der Waals surface area contributed by atoms with Crippen molar-refractivity contribution < 1.29 is 12.9 Å². The average molecular weight is 259 g/mol. The zero-order chi connectivity index (χ0) is 12.3. The van der Waals surface area contributed by atoms with Crippen molar-refractivity contribution in [2.24, 2.45) is 0 Å². The molecule has 0 atom stereocenters. The Morgan fingerprint density at radius 2 is 2.29 bits per heavy atom. The number of rotatable bonds is 3. The SMILES string of the molecule is Cc1cc(CS(=O)(=O)N2CCCNCC2)no1. The largest absolute Gasteiger partial charge is 0.361 e. The van der Waals surface area contributed by atoms with E-state index in [1.807, 2.05) is 0 Å². The fourth-order valence-corrected chi connectivity index (χ4v) is 3.33. The Kier molecular flexibility index (Phi) is 3.80. The lowest BCUT2D eigenvalue weighted by Gasteiger charge is -2.18. The number of aromatic nitrogens is 1. The highest BCUT2D eigenvalue weighted by Crippen LogP contribution is 2.12. The van der Waals surface area contributed by atoms with E-state index in [9.17, 15) is 8.42 Å². The Morgan fingerprint density at radius 1 is 1.47 bits per heavy atom. The first kappa shape index (κ1) is 12.5. The third kappa shape index (κ3) is 3.27. The van der Waals surface area contributed by atoms with Crippen LogP contribution in [0.3, 0.4) is 0 Å². The number of nitrogens with zero attached hydrogens (tertiary/aromatic N) is 2. The van der Waals surface area contributed by atoms with Crippen LogP contribution in [0.1, 0.15) is 17.9 Å². The molecule has 0 aromatic carbocycles. The molecule has 1 aromatic rings. The lowest BCUT2D eigenvalue weighted by molar-refractivity contribution is 0.390. The number of sulfonamides is 1. The van der Waals surface area contributed by atoms with Gasteiger partial charge in [-0.1, -0.05) is 5.16 Å². The highest BCUT2D eigenvalue weighted by atomic mass is 32.2. The van der Waals surface area contributed by atoms with Crippen LogP contribution in [0.2, 0.25) is 0 Å². The molecule has 1 aromatic heterocycles. The molecule has 7 heteroatoms. The molecule has 0 bridgehead atoms. The van der Waals surface area contributed by atoms with Gasteiger partial charge in [0.1, 0.15) is 17.2 Å². The Labute approximate surface area is 101 Å². The Bertz CT molecular complexity index is 461. The maximum atomic E-state index is 12.1. The summed E-state index contributed by atoms with van der Waals surface area (Å²) in [4.78, 5) is 0. The van der Waals surface area contributed by atoms with E-state index in [0.717, 1.165) is 13.0 Å². The predicted octanol–water partition coefficient (Wildman–Crippen LogP) is 0.108. The summed E-state index contributed by atoms with van der Waals surface area (Å²) < 4.78 is 30.7. The molecular formula is C10H17N3O3S. The highest BCUT2D eigenvalue weighted by molar-refractivity contribution is 7.88. The van der Waals surface area contributed by atoms with Crippen molar-refractivity contribution in [3.05, 3.63) is 17.5 Å². The van der Waals surface area contributed by atoms with Crippen LogP contribution in [-0.4, -0.2) is 44.1 Å². The fourth-order valence-electron chi connectivity index (χ4n) is 1.86. The summed E-state index contributed by atoms with van der Waals surface area (Å²) in [5.74, 6) is 0.553. The molecule has 0 spiro atoms. The van der Waals surface area contributed by atoms with Crippen molar-refractivity contribution in [2.75, 3.05) is 26.2 Å². The second kappa shape index (κ2) is 5.16. The van der Waals surface area contributed by atoms with Gasteiger partial charge in [-0.05, 0) is 19.9 Å². The molecular weight excluding hydrogens is 242 g/mol. The van der Waals surface area contributed by atoms with Crippen molar-refractivity contribution in [1.29, 1.82) is 0 Å². The molecule has 0 radical (unpaired) electrons. The molecule has 6 nitrogen and oxygen atoms in total. The third-order valence-corrected chi connectivity index (χ3v) is 4.51. The Hall–Kier alpha value is -0.920. The maximum absolute atomic E-state index is 12.1. The normalized spacial score (nSPS) is 19.1. The minimum Gasteiger partial charge on any atom is -0.361 e. The van der Waals surface area contributed by atoms with Gasteiger partial charge in [0.2, 0.25) is 10.0 Å². The van der Waals surface area contributed by atoms with Gasteiger partial charge in [0.05, 0.1) is 0 Å². The van der Waals surface area contributed by atoms with Gasteiger partial charge >= 0.3 is 0 Å². The molecule has 1 fully saturated rings. The minimum atomic E-state index is -3.28. The smallest absolute Gasteiger partial charge is 0.220 e. The van der Waals surface area contributed by atoms with E-state index in [4.69, 9.17) is 4.52 Å². The van der Waals surface area contributed by atoms with Gasteiger partial charge in [0, 0.05) is 25.7 Å². The van der Waals surface area contributed by atoms with Gasteiger partial charge in [0.25, 0.3) is 0 Å². The Balaban J connectivity index is 2.07. The van der Waals surface area contributed by atoms with Crippen molar-refractivity contribution in [1.82, 2.24) is 14.8 Å². The summed E-state index contributed by atoms with van der Waals surface area (Å²) in [7, 11) is -3.28. The van der Waals surface area contributed by atoms with E-state index < -0.39 is 10.0 Å². The topological polar surface area (TPSA) is 75.4 Å². The number of aryl methyl sites for hydroxylation is 1. The van der Waals surface area contributed by atoms with Crippen molar-refractivity contribution in [3.8, 4) is 0 Å². The van der Waals surface area contributed by atoms with E-state index in [1.54, 1.807) is 13.0 Å². The molecule has 1 N–H and O–H groups in total. The first-order chi connectivity index (χ1) is 8.08. The van der Waals surface area contributed by atoms with Crippen LogP contribution >= 0.6 is 0 Å². The van der Waals surface area contributed by atoms with Gasteiger partial charge in [0.15, 0.2) is 0 Å². The van der Waals surface area contributed by atoms with Crippen LogP contribution in [0.25, 0.3) is 0 Å². The molecule has 0 saturated carbocycles. The van der Waals surface area contributed by atoms with Gasteiger partial charge in [-0.25, -0.2) is 12.7 Å². The van der Waals surface area contributed by atoms with Crippen molar-refractivity contribution in [3.63, 3.8) is 0 Å². The van der Waals surface area contributed by atoms with Crippen molar-refractivity contribution in [2.45, 2.75) is 19.1 Å². The van der Waals surface area contributed by atoms with Gasteiger partial charge in [-0.15, -0.1) is 0 Å². The second-order valence-corrected chi connectivity index (χ2v) is 6.16. The number of hydrogen-bond donors (Lipinski definition) is 1. The summed E-state index contributed by atoms with van der Waals surface area (Å²) in [5.41, 5.74) is 0.472. The van der Waals surface area contributed by atoms with Crippen LogP contribution < -0.4 is 5.32 Å². The molecule has 0 unspecified atom stereocenters. The zero-order valence-corrected chi connectivity index (χ0v) is 10.7. The monoisotopic (exact) mass is 259 g/mol. The quantitative estimate of drug-likeness (QED) is 0.833. The van der Waals surface area contributed by atoms with Gasteiger partial charge in [-0.2, -0.15) is 0 Å². The van der Waals surface area contributed by atoms with E-state index in [0.29, 0.717) is 31.1 Å². The van der Waals surface area contributed by atoms with E-state index in [2.05, 4.69) is 10.5 Å². The fraction of sp³-hybridized carbons (Fsp3) is 0.700. The number of nitrogens with one attached hydrogen (secondary N) is 1. The molecule has 17 heavy (non-hydrogen) atoms. The average Bonchev–Trinajstić information content (AvgIpc) is 2.56. The standard InChI is InChI=1S/C10H17N3O3S/c1-9-7-10(12-16-9)8-17(14,15)13-5-2-3-11-4-6-13/h7,11H,2-6,8H2,1H3. The molecule has 0 aliphatic carbocycles. The summed E-state index contributed by atoms with van der Waals surface area (Å²) in [5, 5.41) is 6.90. The Morgan fingerprint density at radius 3 is 3.00 bits per heavy atom. The van der Waals surface area contributed by atoms with Crippen molar-refractivity contribution >= 4 is 10.0 Å². The molecule has 2 heterocycles. The first-order valence-electron chi connectivity index (χ1n) is 5.69. The zero-order valence-electron chi connectivity index (χ0n) is 9.85. The summed E-state index contributed by atoms with van der Waals surface area (Å²) in [6, 6.07) is 1.66. The van der Waals surface area contributed by atoms with Crippen LogP contribution in [-0.2, 0) is 15.8 Å². The second-order valence-electron chi connectivity index (χ2n) is 4.19. The molecule has 1 aliphatic rings. The molecule has 1 aliphatic heterocycles. The van der Waals surface area contributed by atoms with Gasteiger partial charge in [-0.3, -0.25) is 0 Å². The van der Waals surface area contributed by atoms with E-state index >= 15 is 0 Å². The molecule has 2 rings (SSSR count). The maximum Gasteiger partial charge on any atom is 0.220 e. The van der Waals surface area contributed by atoms with E-state index in [-0.39, 0.29) is 5.75 Å². The molecule has 0 amide bonds. The van der Waals surface area contributed by atoms with Crippen LogP contribution in [0.5, 0.6) is 0 Å². The number of hydrogen-bond acceptors (Lipinski definition) is 5. The predicted molar refractivity (Wildman–Crippen MR) is 62.9 cm³/mol. The summed E-state index contributed by atoms with van der Waals surface area (Å²) in [6.45, 7) is 4.43. The third-order valence-electron chi connectivity index (χ3n) is 2.70. The first-order valence-corrected chi connectivity index (χ1v) is 7.29. The lowest BCUT2D eigenvalue weighted by atomic mass is 10.4. The minimum absolute atomic E-state index is 0.0790. The van der Waals surface area contributed by atoms with Crippen LogP contribution in [0, 0.1) is 6.92 Å². The highest BCUT2D eigenvalue weighted by Gasteiger charge is 2.24. The van der Waals surface area contributed by atoms with Crippen LogP contribution in [0.4, 0.5) is 0 Å². The van der Waals surface area contributed by atoms with Crippen LogP contribution in [0.15, 0.2) is 10.6 Å². The van der Waals surface area contributed by atoms with Gasteiger partial charge < -0.3 is 9.84 Å². The molecule has 96 valence electrons. The lowest BCUT2D eigenvalue weighted by Crippen LogP contribution is -2.35. The van der Waals surface area contributed by atoms with E-state index in [1.165, 1.54) is 4.31 Å². The molecule has 1 saturated heterocycles. The summed E-state index contributed by atoms with van der Waals surface area (Å²) in [6.07, 6.45) is 0.844. The summed E-state index contributed by atoms with van der Waals surface area (Å²) >= 11 is 0.